The van der Waals surface area contributed by atoms with Gasteiger partial charge >= 0.3 is 0 Å². The van der Waals surface area contributed by atoms with Crippen molar-refractivity contribution in [2.75, 3.05) is 36.9 Å². The smallest absolute Gasteiger partial charge is 0.238 e. The van der Waals surface area contributed by atoms with E-state index in [1.54, 1.807) is 31.3 Å². The molecule has 1 aromatic carbocycles. The maximum atomic E-state index is 12.4. The number of nitrogens with one attached hydrogen (secondary N) is 1. The van der Waals surface area contributed by atoms with E-state index < -0.39 is 5.41 Å². The number of hydrogen-bond donors (Lipinski definition) is 2. The van der Waals surface area contributed by atoms with Gasteiger partial charge in [-0.3, -0.25) is 19.3 Å². The van der Waals surface area contributed by atoms with Crippen LogP contribution in [0.15, 0.2) is 24.3 Å². The minimum absolute atomic E-state index is 0.0539. The van der Waals surface area contributed by atoms with Crippen LogP contribution < -0.4 is 16.0 Å². The molecule has 1 heterocycles. The second kappa shape index (κ2) is 6.64. The van der Waals surface area contributed by atoms with Crippen LogP contribution in [0.25, 0.3) is 0 Å². The highest BCUT2D eigenvalue weighted by atomic mass is 16.2. The lowest BCUT2D eigenvalue weighted by Crippen LogP contribution is -2.59. The Kier molecular flexibility index (Phi) is 4.76. The quantitative estimate of drug-likeness (QED) is 0.817. The highest BCUT2D eigenvalue weighted by Gasteiger charge is 2.65. The summed E-state index contributed by atoms with van der Waals surface area (Å²) in [5.41, 5.74) is 6.72. The van der Waals surface area contributed by atoms with Crippen LogP contribution in [0, 0.1) is 16.7 Å². The van der Waals surface area contributed by atoms with E-state index in [1.807, 2.05) is 4.90 Å². The Morgan fingerprint density at radius 2 is 1.89 bits per heavy atom. The van der Waals surface area contributed by atoms with Gasteiger partial charge < -0.3 is 16.0 Å². The van der Waals surface area contributed by atoms with E-state index in [1.165, 1.54) is 11.8 Å². The predicted octanol–water partition coefficient (Wildman–Crippen LogP) is 1.44. The lowest BCUT2D eigenvalue weighted by Gasteiger charge is -2.54. The molecule has 2 fully saturated rings. The highest BCUT2D eigenvalue weighted by molar-refractivity contribution is 5.94. The van der Waals surface area contributed by atoms with Crippen molar-refractivity contribution in [3.8, 4) is 0 Å². The van der Waals surface area contributed by atoms with E-state index in [0.29, 0.717) is 18.8 Å². The van der Waals surface area contributed by atoms with Crippen molar-refractivity contribution in [1.82, 2.24) is 4.90 Å². The van der Waals surface area contributed by atoms with Crippen molar-refractivity contribution < 1.29 is 14.4 Å². The number of hydrogen-bond acceptors (Lipinski definition) is 4. The number of fused-ring (bicyclic) bond motifs is 1. The third-order valence-corrected chi connectivity index (χ3v) is 6.20. The lowest BCUT2D eigenvalue weighted by atomic mass is 9.48. The Balaban J connectivity index is 1.59. The summed E-state index contributed by atoms with van der Waals surface area (Å²) in [6.07, 6.45) is 0.781. The molecule has 0 bridgehead atoms. The Morgan fingerprint density at radius 3 is 2.37 bits per heavy atom. The van der Waals surface area contributed by atoms with Crippen LogP contribution in [0.4, 0.5) is 11.4 Å². The van der Waals surface area contributed by atoms with Crippen molar-refractivity contribution in [2.24, 2.45) is 22.5 Å². The molecule has 146 valence electrons. The summed E-state index contributed by atoms with van der Waals surface area (Å²) in [5.74, 6) is -0.222. The standard InChI is InChI=1S/C20H28N4O3/c1-13(25)23(4)15-7-5-14(6-8-15)22-17(26)10-24-9-16-19(2,3)11-20(16,12-24)18(21)27/h5-8,16H,9-12H2,1-4H3,(H2,21,27)(H,22,26)/t16-,20+/m1/s1. The number of carbonyl (C=O) groups is 3. The summed E-state index contributed by atoms with van der Waals surface area (Å²) in [6.45, 7) is 7.30. The predicted molar refractivity (Wildman–Crippen MR) is 104 cm³/mol. The van der Waals surface area contributed by atoms with E-state index in [0.717, 1.165) is 12.1 Å². The van der Waals surface area contributed by atoms with E-state index in [9.17, 15) is 14.4 Å². The summed E-state index contributed by atoms with van der Waals surface area (Å²) in [4.78, 5) is 39.4. The van der Waals surface area contributed by atoms with Gasteiger partial charge in [-0.1, -0.05) is 13.8 Å². The Morgan fingerprint density at radius 1 is 1.26 bits per heavy atom. The monoisotopic (exact) mass is 372 g/mol. The second-order valence-corrected chi connectivity index (χ2v) is 8.58. The fraction of sp³-hybridized carbons (Fsp3) is 0.550. The van der Waals surface area contributed by atoms with E-state index in [4.69, 9.17) is 5.73 Å². The molecular weight excluding hydrogens is 344 g/mol. The second-order valence-electron chi connectivity index (χ2n) is 8.58. The van der Waals surface area contributed by atoms with Gasteiger partial charge in [0, 0.05) is 38.4 Å². The molecule has 7 nitrogen and oxygen atoms in total. The van der Waals surface area contributed by atoms with Crippen LogP contribution in [0.5, 0.6) is 0 Å². The van der Waals surface area contributed by atoms with Crippen LogP contribution in [-0.2, 0) is 14.4 Å². The van der Waals surface area contributed by atoms with E-state index in [2.05, 4.69) is 19.2 Å². The lowest BCUT2D eigenvalue weighted by molar-refractivity contribution is -0.148. The molecule has 3 N–H and O–H groups in total. The molecule has 1 saturated carbocycles. The maximum absolute atomic E-state index is 12.4. The Hall–Kier alpha value is -2.41. The zero-order valence-corrected chi connectivity index (χ0v) is 16.4. The molecular formula is C20H28N4O3. The van der Waals surface area contributed by atoms with Gasteiger partial charge in [-0.15, -0.1) is 0 Å². The molecule has 1 aliphatic carbocycles. The Bertz CT molecular complexity index is 774. The summed E-state index contributed by atoms with van der Waals surface area (Å²) in [6, 6.07) is 7.12. The summed E-state index contributed by atoms with van der Waals surface area (Å²) < 4.78 is 0. The normalized spacial score (nSPS) is 26.0. The van der Waals surface area contributed by atoms with Crippen LogP contribution in [0.1, 0.15) is 27.2 Å². The third kappa shape index (κ3) is 3.43. The van der Waals surface area contributed by atoms with Gasteiger partial charge in [0.05, 0.1) is 12.0 Å². The van der Waals surface area contributed by atoms with Crippen LogP contribution in [0.2, 0.25) is 0 Å². The molecule has 27 heavy (non-hydrogen) atoms. The summed E-state index contributed by atoms with van der Waals surface area (Å²) in [5, 5.41) is 2.88. The molecule has 1 aromatic rings. The largest absolute Gasteiger partial charge is 0.369 e. The first-order valence-corrected chi connectivity index (χ1v) is 9.22. The third-order valence-electron chi connectivity index (χ3n) is 6.20. The van der Waals surface area contributed by atoms with E-state index >= 15 is 0 Å². The molecule has 0 aromatic heterocycles. The number of amides is 3. The molecule has 1 saturated heterocycles. The minimum Gasteiger partial charge on any atom is -0.369 e. The first kappa shape index (κ1) is 19.4. The molecule has 0 radical (unpaired) electrons. The molecule has 2 atom stereocenters. The van der Waals surface area contributed by atoms with Crippen molar-refractivity contribution in [1.29, 1.82) is 0 Å². The van der Waals surface area contributed by atoms with Gasteiger partial charge in [0.2, 0.25) is 17.7 Å². The number of carbonyl (C=O) groups excluding carboxylic acids is 3. The molecule has 2 aliphatic rings. The average Bonchev–Trinajstić information content (AvgIpc) is 2.90. The van der Waals surface area contributed by atoms with Gasteiger partial charge in [0.25, 0.3) is 0 Å². The zero-order valence-electron chi connectivity index (χ0n) is 16.4. The van der Waals surface area contributed by atoms with Crippen molar-refractivity contribution in [3.05, 3.63) is 24.3 Å². The minimum atomic E-state index is -0.483. The van der Waals surface area contributed by atoms with Gasteiger partial charge in [-0.05, 0) is 42.0 Å². The highest BCUT2D eigenvalue weighted by Crippen LogP contribution is 2.62. The first-order chi connectivity index (χ1) is 12.5. The van der Waals surface area contributed by atoms with Gasteiger partial charge in [0.1, 0.15) is 0 Å². The van der Waals surface area contributed by atoms with Gasteiger partial charge in [0.15, 0.2) is 0 Å². The summed E-state index contributed by atoms with van der Waals surface area (Å²) >= 11 is 0. The number of nitrogens with two attached hydrogens (primary N) is 1. The number of rotatable bonds is 5. The topological polar surface area (TPSA) is 95.7 Å². The van der Waals surface area contributed by atoms with Crippen LogP contribution >= 0.6 is 0 Å². The first-order valence-electron chi connectivity index (χ1n) is 9.22. The Labute approximate surface area is 159 Å². The van der Waals surface area contributed by atoms with E-state index in [-0.39, 0.29) is 35.6 Å². The fourth-order valence-corrected chi connectivity index (χ4v) is 4.80. The number of likely N-dealkylation sites (tertiary alicyclic amines) is 1. The molecule has 3 amide bonds. The van der Waals surface area contributed by atoms with Crippen molar-refractivity contribution in [3.63, 3.8) is 0 Å². The van der Waals surface area contributed by atoms with Gasteiger partial charge in [-0.2, -0.15) is 0 Å². The SMILES string of the molecule is CC(=O)N(C)c1ccc(NC(=O)CN2C[C@@H]3C(C)(C)C[C@]3(C(N)=O)C2)cc1. The number of nitrogens with zero attached hydrogens (tertiary/aromatic N) is 2. The molecule has 1 aliphatic heterocycles. The zero-order chi connectivity index (χ0) is 20.0. The maximum Gasteiger partial charge on any atom is 0.238 e. The van der Waals surface area contributed by atoms with Crippen LogP contribution in [-0.4, -0.2) is 49.3 Å². The fourth-order valence-electron chi connectivity index (χ4n) is 4.80. The number of primary amides is 1. The van der Waals surface area contributed by atoms with Crippen molar-refractivity contribution in [2.45, 2.75) is 27.2 Å². The molecule has 0 unspecified atom stereocenters. The average molecular weight is 372 g/mol. The number of benzene rings is 1. The molecule has 7 heteroatoms. The van der Waals surface area contributed by atoms with Crippen molar-refractivity contribution >= 4 is 29.1 Å². The van der Waals surface area contributed by atoms with Crippen LogP contribution in [0.3, 0.4) is 0 Å². The molecule has 0 spiro atoms. The van der Waals surface area contributed by atoms with Gasteiger partial charge in [-0.25, -0.2) is 0 Å². The summed E-state index contributed by atoms with van der Waals surface area (Å²) in [7, 11) is 1.70. The number of anilines is 2. The molecule has 3 rings (SSSR count).